The first kappa shape index (κ1) is 21.8. The molecule has 0 radical (unpaired) electrons. The van der Waals surface area contributed by atoms with Gasteiger partial charge in [0.05, 0.1) is 6.61 Å². The van der Waals surface area contributed by atoms with Gasteiger partial charge in [0.1, 0.15) is 11.8 Å². The Bertz CT molecular complexity index is 773. The first-order chi connectivity index (χ1) is 13.4. The summed E-state index contributed by atoms with van der Waals surface area (Å²) in [6.45, 7) is 6.77. The fraction of sp³-hybridized carbons (Fsp3) is 0.364. The predicted octanol–water partition coefficient (Wildman–Crippen LogP) is 3.85. The van der Waals surface area contributed by atoms with Crippen molar-refractivity contribution in [3.05, 3.63) is 64.7 Å². The normalized spacial score (nSPS) is 11.8. The van der Waals surface area contributed by atoms with Crippen LogP contribution in [-0.4, -0.2) is 31.0 Å². The number of halogens is 1. The Hall–Kier alpha value is -2.53. The van der Waals surface area contributed by atoms with Crippen molar-refractivity contribution >= 4 is 23.4 Å². The van der Waals surface area contributed by atoms with Crippen LogP contribution < -0.4 is 15.4 Å². The monoisotopic (exact) mass is 402 g/mol. The third-order valence-corrected chi connectivity index (χ3v) is 4.54. The Balaban J connectivity index is 1.90. The fourth-order valence-corrected chi connectivity index (χ4v) is 2.85. The SMILES string of the molecule is CCOc1ccc(C(=O)NC(C(=O)NCCc2ccc(Cl)cc2)C(C)C)cc1. The van der Waals surface area contributed by atoms with Gasteiger partial charge < -0.3 is 15.4 Å². The molecular weight excluding hydrogens is 376 g/mol. The number of ether oxygens (including phenoxy) is 1. The van der Waals surface area contributed by atoms with Gasteiger partial charge in [-0.15, -0.1) is 0 Å². The molecule has 150 valence electrons. The number of carbonyl (C=O) groups excluding carboxylic acids is 2. The highest BCUT2D eigenvalue weighted by atomic mass is 35.5. The summed E-state index contributed by atoms with van der Waals surface area (Å²) in [5.41, 5.74) is 1.58. The van der Waals surface area contributed by atoms with Gasteiger partial charge in [0.15, 0.2) is 0 Å². The molecule has 0 saturated heterocycles. The average molecular weight is 403 g/mol. The zero-order chi connectivity index (χ0) is 20.5. The molecule has 0 aliphatic carbocycles. The van der Waals surface area contributed by atoms with E-state index in [1.807, 2.05) is 45.0 Å². The molecule has 0 bridgehead atoms. The third kappa shape index (κ3) is 6.57. The van der Waals surface area contributed by atoms with E-state index in [2.05, 4.69) is 10.6 Å². The maximum atomic E-state index is 12.6. The van der Waals surface area contributed by atoms with Crippen LogP contribution in [0.4, 0.5) is 0 Å². The van der Waals surface area contributed by atoms with Crippen molar-refractivity contribution in [2.75, 3.05) is 13.2 Å². The summed E-state index contributed by atoms with van der Waals surface area (Å²) in [5.74, 6) is 0.194. The number of hydrogen-bond donors (Lipinski definition) is 2. The van der Waals surface area contributed by atoms with Crippen LogP contribution in [-0.2, 0) is 11.2 Å². The molecule has 0 aliphatic heterocycles. The summed E-state index contributed by atoms with van der Waals surface area (Å²) < 4.78 is 5.38. The van der Waals surface area contributed by atoms with Crippen LogP contribution >= 0.6 is 11.6 Å². The van der Waals surface area contributed by atoms with Crippen molar-refractivity contribution in [2.24, 2.45) is 5.92 Å². The van der Waals surface area contributed by atoms with Gasteiger partial charge in [-0.2, -0.15) is 0 Å². The van der Waals surface area contributed by atoms with Gasteiger partial charge >= 0.3 is 0 Å². The summed E-state index contributed by atoms with van der Waals surface area (Å²) in [6.07, 6.45) is 0.695. The summed E-state index contributed by atoms with van der Waals surface area (Å²) in [7, 11) is 0. The molecule has 2 aromatic carbocycles. The van der Waals surface area contributed by atoms with Crippen molar-refractivity contribution in [3.8, 4) is 5.75 Å². The molecule has 1 atom stereocenters. The zero-order valence-electron chi connectivity index (χ0n) is 16.5. The summed E-state index contributed by atoms with van der Waals surface area (Å²) >= 11 is 5.88. The minimum atomic E-state index is -0.607. The lowest BCUT2D eigenvalue weighted by atomic mass is 10.0. The highest BCUT2D eigenvalue weighted by Gasteiger charge is 2.24. The highest BCUT2D eigenvalue weighted by molar-refractivity contribution is 6.30. The molecule has 6 heteroatoms. The minimum Gasteiger partial charge on any atom is -0.494 e. The van der Waals surface area contributed by atoms with Gasteiger partial charge in [-0.3, -0.25) is 9.59 Å². The Kier molecular flexibility index (Phi) is 8.33. The van der Waals surface area contributed by atoms with E-state index in [4.69, 9.17) is 16.3 Å². The quantitative estimate of drug-likeness (QED) is 0.669. The molecule has 5 nitrogen and oxygen atoms in total. The highest BCUT2D eigenvalue weighted by Crippen LogP contribution is 2.13. The van der Waals surface area contributed by atoms with Gasteiger partial charge in [0.25, 0.3) is 5.91 Å². The van der Waals surface area contributed by atoms with E-state index in [1.165, 1.54) is 0 Å². The van der Waals surface area contributed by atoms with Gasteiger partial charge in [-0.05, 0) is 61.2 Å². The van der Waals surface area contributed by atoms with Gasteiger partial charge in [0, 0.05) is 17.1 Å². The Morgan fingerprint density at radius 2 is 1.68 bits per heavy atom. The van der Waals surface area contributed by atoms with E-state index in [9.17, 15) is 9.59 Å². The van der Waals surface area contributed by atoms with Crippen LogP contribution in [0.3, 0.4) is 0 Å². The van der Waals surface area contributed by atoms with Gasteiger partial charge in [-0.1, -0.05) is 37.6 Å². The van der Waals surface area contributed by atoms with Crippen LogP contribution in [0.25, 0.3) is 0 Å². The molecular formula is C22H27ClN2O3. The Morgan fingerprint density at radius 1 is 1.04 bits per heavy atom. The second kappa shape index (κ2) is 10.7. The van der Waals surface area contributed by atoms with Crippen LogP contribution in [0.5, 0.6) is 5.75 Å². The summed E-state index contributed by atoms with van der Waals surface area (Å²) in [4.78, 5) is 25.1. The van der Waals surface area contributed by atoms with E-state index in [0.29, 0.717) is 35.9 Å². The maximum absolute atomic E-state index is 12.6. The standard InChI is InChI=1S/C22H27ClN2O3/c1-4-28-19-11-7-17(8-12-19)21(26)25-20(15(2)3)22(27)24-14-13-16-5-9-18(23)10-6-16/h5-12,15,20H,4,13-14H2,1-3H3,(H,24,27)(H,25,26). The molecule has 0 saturated carbocycles. The molecule has 0 heterocycles. The first-order valence-corrected chi connectivity index (χ1v) is 9.84. The molecule has 2 N–H and O–H groups in total. The topological polar surface area (TPSA) is 67.4 Å². The molecule has 0 spiro atoms. The zero-order valence-corrected chi connectivity index (χ0v) is 17.3. The predicted molar refractivity (Wildman–Crippen MR) is 112 cm³/mol. The van der Waals surface area contributed by atoms with Gasteiger partial charge in [0.2, 0.25) is 5.91 Å². The van der Waals surface area contributed by atoms with Crippen molar-refractivity contribution in [3.63, 3.8) is 0 Å². The number of amides is 2. The lowest BCUT2D eigenvalue weighted by molar-refractivity contribution is -0.123. The molecule has 1 unspecified atom stereocenters. The largest absolute Gasteiger partial charge is 0.494 e. The van der Waals surface area contributed by atoms with Crippen molar-refractivity contribution in [2.45, 2.75) is 33.2 Å². The Morgan fingerprint density at radius 3 is 2.25 bits per heavy atom. The molecule has 28 heavy (non-hydrogen) atoms. The average Bonchev–Trinajstić information content (AvgIpc) is 2.68. The molecule has 2 amide bonds. The number of rotatable bonds is 9. The minimum absolute atomic E-state index is 0.0396. The molecule has 0 aliphatic rings. The number of nitrogens with one attached hydrogen (secondary N) is 2. The Labute approximate surface area is 171 Å². The molecule has 2 rings (SSSR count). The second-order valence-corrected chi connectivity index (χ2v) is 7.26. The number of hydrogen-bond acceptors (Lipinski definition) is 3. The maximum Gasteiger partial charge on any atom is 0.251 e. The fourth-order valence-electron chi connectivity index (χ4n) is 2.72. The van der Waals surface area contributed by atoms with E-state index in [0.717, 1.165) is 5.56 Å². The van der Waals surface area contributed by atoms with E-state index in [1.54, 1.807) is 24.3 Å². The second-order valence-electron chi connectivity index (χ2n) is 6.82. The van der Waals surface area contributed by atoms with Crippen molar-refractivity contribution in [1.82, 2.24) is 10.6 Å². The molecule has 0 fully saturated rings. The van der Waals surface area contributed by atoms with E-state index < -0.39 is 6.04 Å². The smallest absolute Gasteiger partial charge is 0.251 e. The first-order valence-electron chi connectivity index (χ1n) is 9.46. The van der Waals surface area contributed by atoms with Crippen LogP contribution in [0.1, 0.15) is 36.7 Å². The van der Waals surface area contributed by atoms with Crippen molar-refractivity contribution in [1.29, 1.82) is 0 Å². The van der Waals surface area contributed by atoms with Crippen molar-refractivity contribution < 1.29 is 14.3 Å². The van der Waals surface area contributed by atoms with E-state index in [-0.39, 0.29) is 17.7 Å². The van der Waals surface area contributed by atoms with Gasteiger partial charge in [-0.25, -0.2) is 0 Å². The lowest BCUT2D eigenvalue weighted by Gasteiger charge is -2.22. The van der Waals surface area contributed by atoms with Crippen LogP contribution in [0.2, 0.25) is 5.02 Å². The summed E-state index contributed by atoms with van der Waals surface area (Å²) in [6, 6.07) is 13.8. The number of carbonyl (C=O) groups is 2. The van der Waals surface area contributed by atoms with Crippen LogP contribution in [0, 0.1) is 5.92 Å². The molecule has 2 aromatic rings. The lowest BCUT2D eigenvalue weighted by Crippen LogP contribution is -2.50. The molecule has 0 aromatic heterocycles. The summed E-state index contributed by atoms with van der Waals surface area (Å²) in [5, 5.41) is 6.42. The third-order valence-electron chi connectivity index (χ3n) is 4.29. The van der Waals surface area contributed by atoms with Crippen LogP contribution in [0.15, 0.2) is 48.5 Å². The number of benzene rings is 2. The van der Waals surface area contributed by atoms with E-state index >= 15 is 0 Å².